The van der Waals surface area contributed by atoms with E-state index in [1.807, 2.05) is 13.8 Å². The highest BCUT2D eigenvalue weighted by molar-refractivity contribution is 5.97. The second-order valence-electron chi connectivity index (χ2n) is 5.78. The van der Waals surface area contributed by atoms with E-state index in [0.717, 1.165) is 11.1 Å². The van der Waals surface area contributed by atoms with E-state index in [2.05, 4.69) is 5.32 Å². The first-order valence-corrected chi connectivity index (χ1v) is 7.21. The molecule has 1 atom stereocenters. The lowest BCUT2D eigenvalue weighted by Gasteiger charge is -2.39. The fraction of sp³-hybridized carbons (Fsp3) is 0.500. The first-order chi connectivity index (χ1) is 9.85. The third kappa shape index (κ3) is 3.23. The molecule has 2 rings (SSSR count). The number of piperazine rings is 1. The van der Waals surface area contributed by atoms with Crippen molar-refractivity contribution in [3.63, 3.8) is 0 Å². The second-order valence-corrected chi connectivity index (χ2v) is 5.78. The van der Waals surface area contributed by atoms with Gasteiger partial charge in [0.25, 0.3) is 0 Å². The molecular formula is C16H21FN2O2. The van der Waals surface area contributed by atoms with Crippen molar-refractivity contribution in [3.8, 4) is 0 Å². The van der Waals surface area contributed by atoms with Crippen molar-refractivity contribution in [3.05, 3.63) is 35.1 Å². The Hall–Kier alpha value is -1.91. The number of benzene rings is 1. The molecule has 1 heterocycles. The van der Waals surface area contributed by atoms with Gasteiger partial charge < -0.3 is 10.2 Å². The van der Waals surface area contributed by atoms with Crippen molar-refractivity contribution >= 4 is 11.8 Å². The lowest BCUT2D eigenvalue weighted by atomic mass is 9.94. The van der Waals surface area contributed by atoms with Crippen LogP contribution in [0.1, 0.15) is 31.4 Å². The van der Waals surface area contributed by atoms with Gasteiger partial charge in [-0.15, -0.1) is 0 Å². The van der Waals surface area contributed by atoms with E-state index in [9.17, 15) is 14.0 Å². The third-order valence-electron chi connectivity index (χ3n) is 4.17. The van der Waals surface area contributed by atoms with E-state index < -0.39 is 5.54 Å². The van der Waals surface area contributed by atoms with Gasteiger partial charge >= 0.3 is 0 Å². The van der Waals surface area contributed by atoms with Gasteiger partial charge in [-0.2, -0.15) is 0 Å². The van der Waals surface area contributed by atoms with Gasteiger partial charge in [0.15, 0.2) is 0 Å². The highest BCUT2D eigenvalue weighted by Gasteiger charge is 2.41. The number of carbonyl (C=O) groups excluding carboxylic acids is 2. The van der Waals surface area contributed by atoms with Gasteiger partial charge in [-0.05, 0) is 49.9 Å². The molecule has 1 aliphatic rings. The molecule has 0 saturated carbocycles. The van der Waals surface area contributed by atoms with E-state index in [-0.39, 0.29) is 24.2 Å². The predicted molar refractivity (Wildman–Crippen MR) is 78.3 cm³/mol. The van der Waals surface area contributed by atoms with Crippen molar-refractivity contribution in [2.45, 2.75) is 39.2 Å². The van der Waals surface area contributed by atoms with E-state index in [4.69, 9.17) is 0 Å². The van der Waals surface area contributed by atoms with Gasteiger partial charge in [0.05, 0.1) is 6.54 Å². The van der Waals surface area contributed by atoms with Gasteiger partial charge in [-0.3, -0.25) is 9.59 Å². The second kappa shape index (κ2) is 5.84. The number of hydrogen-bond donors (Lipinski definition) is 1. The molecule has 0 aromatic heterocycles. The molecule has 114 valence electrons. The minimum atomic E-state index is -0.812. The molecule has 4 nitrogen and oxygen atoms in total. The lowest BCUT2D eigenvalue weighted by molar-refractivity contribution is -0.149. The Balaban J connectivity index is 2.08. The lowest BCUT2D eigenvalue weighted by Crippen LogP contribution is -2.65. The summed E-state index contributed by atoms with van der Waals surface area (Å²) in [6, 6.07) is 4.64. The highest BCUT2D eigenvalue weighted by Crippen LogP contribution is 2.19. The zero-order valence-electron chi connectivity index (χ0n) is 12.7. The molecule has 0 aliphatic carbocycles. The number of hydrogen-bond acceptors (Lipinski definition) is 2. The maximum Gasteiger partial charge on any atom is 0.248 e. The Labute approximate surface area is 124 Å². The van der Waals surface area contributed by atoms with E-state index in [1.54, 1.807) is 17.9 Å². The molecule has 1 unspecified atom stereocenters. The first-order valence-electron chi connectivity index (χ1n) is 7.21. The summed E-state index contributed by atoms with van der Waals surface area (Å²) in [6.07, 6.45) is 1.18. The van der Waals surface area contributed by atoms with Crippen LogP contribution in [0, 0.1) is 12.7 Å². The number of nitrogens with zero attached hydrogens (tertiary/aromatic N) is 1. The number of rotatable bonds is 4. The van der Waals surface area contributed by atoms with Crippen LogP contribution < -0.4 is 5.32 Å². The molecule has 1 saturated heterocycles. The van der Waals surface area contributed by atoms with Gasteiger partial charge in [-0.25, -0.2) is 4.39 Å². The first kappa shape index (κ1) is 15.5. The minimum Gasteiger partial charge on any atom is -0.340 e. The number of aryl methyl sites for hydroxylation is 1. The minimum absolute atomic E-state index is 0.0515. The maximum atomic E-state index is 13.1. The smallest absolute Gasteiger partial charge is 0.248 e. The summed E-state index contributed by atoms with van der Waals surface area (Å²) >= 11 is 0. The SMILES string of the molecule is CCC1(C)NC(=O)CN(CCc2ccc(F)cc2C)C1=O. The molecule has 1 N–H and O–H groups in total. The van der Waals surface area contributed by atoms with Crippen molar-refractivity contribution in [2.75, 3.05) is 13.1 Å². The fourth-order valence-corrected chi connectivity index (χ4v) is 2.61. The van der Waals surface area contributed by atoms with Gasteiger partial charge in [0.2, 0.25) is 11.8 Å². The van der Waals surface area contributed by atoms with E-state index >= 15 is 0 Å². The normalized spacial score (nSPS) is 22.4. The van der Waals surface area contributed by atoms with Gasteiger partial charge in [0.1, 0.15) is 11.4 Å². The Morgan fingerprint density at radius 2 is 2.10 bits per heavy atom. The molecule has 5 heteroatoms. The quantitative estimate of drug-likeness (QED) is 0.920. The number of amides is 2. The van der Waals surface area contributed by atoms with Crippen molar-refractivity contribution in [1.29, 1.82) is 0 Å². The molecule has 1 aliphatic heterocycles. The van der Waals surface area contributed by atoms with E-state index in [0.29, 0.717) is 19.4 Å². The third-order valence-corrected chi connectivity index (χ3v) is 4.17. The monoisotopic (exact) mass is 292 g/mol. The molecule has 0 spiro atoms. The number of halogens is 1. The molecule has 0 bridgehead atoms. The summed E-state index contributed by atoms with van der Waals surface area (Å²) in [5.74, 6) is -0.442. The van der Waals surface area contributed by atoms with Crippen LogP contribution >= 0.6 is 0 Å². The standard InChI is InChI=1S/C16H21FN2O2/c1-4-16(3)15(21)19(10-14(20)18-16)8-7-12-5-6-13(17)9-11(12)2/h5-6,9H,4,7-8,10H2,1-3H3,(H,18,20). The molecule has 1 aromatic rings. The zero-order valence-corrected chi connectivity index (χ0v) is 12.7. The summed E-state index contributed by atoms with van der Waals surface area (Å²) < 4.78 is 13.1. The molecule has 1 aromatic carbocycles. The Morgan fingerprint density at radius 3 is 2.71 bits per heavy atom. The van der Waals surface area contributed by atoms with Crippen molar-refractivity contribution < 1.29 is 14.0 Å². The number of nitrogens with one attached hydrogen (secondary N) is 1. The molecule has 2 amide bonds. The van der Waals surface area contributed by atoms with Crippen LogP contribution in [0.15, 0.2) is 18.2 Å². The van der Waals surface area contributed by atoms with Crippen LogP contribution in [0.25, 0.3) is 0 Å². The summed E-state index contributed by atoms with van der Waals surface area (Å²) in [4.78, 5) is 25.8. The average Bonchev–Trinajstić information content (AvgIpc) is 2.42. The van der Waals surface area contributed by atoms with Gasteiger partial charge in [0, 0.05) is 6.54 Å². The zero-order chi connectivity index (χ0) is 15.6. The van der Waals surface area contributed by atoms with Crippen molar-refractivity contribution in [1.82, 2.24) is 10.2 Å². The summed E-state index contributed by atoms with van der Waals surface area (Å²) in [7, 11) is 0. The van der Waals surface area contributed by atoms with Crippen LogP contribution in [0.3, 0.4) is 0 Å². The molecule has 1 fully saturated rings. The van der Waals surface area contributed by atoms with Crippen molar-refractivity contribution in [2.24, 2.45) is 0 Å². The average molecular weight is 292 g/mol. The highest BCUT2D eigenvalue weighted by atomic mass is 19.1. The maximum absolute atomic E-state index is 13.1. The van der Waals surface area contributed by atoms with Crippen LogP contribution in [-0.2, 0) is 16.0 Å². The van der Waals surface area contributed by atoms with Gasteiger partial charge in [-0.1, -0.05) is 13.0 Å². The van der Waals surface area contributed by atoms with Crippen LogP contribution in [0.5, 0.6) is 0 Å². The Bertz CT molecular complexity index is 573. The summed E-state index contributed by atoms with van der Waals surface area (Å²) in [5.41, 5.74) is 1.04. The number of carbonyl (C=O) groups is 2. The van der Waals surface area contributed by atoms with Crippen LogP contribution in [0.2, 0.25) is 0 Å². The van der Waals surface area contributed by atoms with E-state index in [1.165, 1.54) is 12.1 Å². The van der Waals surface area contributed by atoms with Crippen LogP contribution in [-0.4, -0.2) is 35.3 Å². The Morgan fingerprint density at radius 1 is 1.38 bits per heavy atom. The molecular weight excluding hydrogens is 271 g/mol. The van der Waals surface area contributed by atoms with Crippen LogP contribution in [0.4, 0.5) is 4.39 Å². The Kier molecular flexibility index (Phi) is 4.30. The summed E-state index contributed by atoms with van der Waals surface area (Å²) in [6.45, 7) is 6.04. The summed E-state index contributed by atoms with van der Waals surface area (Å²) in [5, 5.41) is 2.76. The largest absolute Gasteiger partial charge is 0.340 e. The predicted octanol–water partition coefficient (Wildman–Crippen LogP) is 1.80. The topological polar surface area (TPSA) is 49.4 Å². The fourth-order valence-electron chi connectivity index (χ4n) is 2.61. The molecule has 0 radical (unpaired) electrons. The molecule has 21 heavy (non-hydrogen) atoms.